The van der Waals surface area contributed by atoms with Crippen molar-refractivity contribution in [2.75, 3.05) is 0 Å². The van der Waals surface area contributed by atoms with Gasteiger partial charge in [0.15, 0.2) is 16.1 Å². The first-order valence-corrected chi connectivity index (χ1v) is 9.76. The van der Waals surface area contributed by atoms with Crippen molar-refractivity contribution in [2.45, 2.75) is 74.3 Å². The quantitative estimate of drug-likeness (QED) is 0.889. The summed E-state index contributed by atoms with van der Waals surface area (Å²) < 4.78 is 37.1. The Kier molecular flexibility index (Phi) is 4.78. The molecule has 2 aliphatic rings. The largest absolute Gasteiger partial charge is 0.390 e. The maximum atomic E-state index is 12.8. The van der Waals surface area contributed by atoms with Gasteiger partial charge in [-0.25, -0.2) is 8.42 Å². The number of hydrogen-bond acceptors (Lipinski definition) is 5. The van der Waals surface area contributed by atoms with E-state index in [9.17, 15) is 13.5 Å². The molecule has 0 aromatic heterocycles. The van der Waals surface area contributed by atoms with Crippen LogP contribution in [0.4, 0.5) is 0 Å². The number of benzene rings is 1. The molecule has 0 radical (unpaired) electrons. The molecular formula is C17H24O5S. The number of rotatable bonds is 5. The van der Waals surface area contributed by atoms with E-state index >= 15 is 0 Å². The molecule has 1 aromatic carbocycles. The standard InChI is InChI=1S/C17H24O5S/c1-3-4-14(18)17-15-9-13(10-16(21-15)22-17)23(19,20)12-7-5-11(2)6-8-12/h5-8,13-18H,3-4,9-10H2,1-2H3/t13-,14-,15+,16+,17+/m1/s1. The molecule has 5 atom stereocenters. The molecule has 2 fully saturated rings. The van der Waals surface area contributed by atoms with Gasteiger partial charge in [0.2, 0.25) is 0 Å². The maximum absolute atomic E-state index is 12.8. The van der Waals surface area contributed by atoms with E-state index in [0.29, 0.717) is 24.2 Å². The zero-order valence-corrected chi connectivity index (χ0v) is 14.3. The van der Waals surface area contributed by atoms with Crippen molar-refractivity contribution in [3.05, 3.63) is 29.8 Å². The fraction of sp³-hybridized carbons (Fsp3) is 0.647. The summed E-state index contributed by atoms with van der Waals surface area (Å²) >= 11 is 0. The number of aliphatic hydroxyl groups excluding tert-OH is 1. The fourth-order valence-electron chi connectivity index (χ4n) is 3.41. The third kappa shape index (κ3) is 3.31. The summed E-state index contributed by atoms with van der Waals surface area (Å²) in [6.07, 6.45) is 0.279. The molecular weight excluding hydrogens is 316 g/mol. The van der Waals surface area contributed by atoms with Gasteiger partial charge >= 0.3 is 0 Å². The lowest BCUT2D eigenvalue weighted by Gasteiger charge is -2.27. The van der Waals surface area contributed by atoms with Crippen LogP contribution < -0.4 is 0 Å². The summed E-state index contributed by atoms with van der Waals surface area (Å²) in [5.74, 6) is 0. The number of ether oxygens (including phenoxy) is 2. The zero-order valence-electron chi connectivity index (χ0n) is 13.5. The molecule has 2 bridgehead atoms. The molecule has 23 heavy (non-hydrogen) atoms. The highest BCUT2D eigenvalue weighted by Gasteiger charge is 2.49. The molecule has 0 aliphatic carbocycles. The van der Waals surface area contributed by atoms with Crippen molar-refractivity contribution < 1.29 is 23.0 Å². The van der Waals surface area contributed by atoms with Gasteiger partial charge in [-0.2, -0.15) is 0 Å². The van der Waals surface area contributed by atoms with Crippen molar-refractivity contribution in [2.24, 2.45) is 0 Å². The van der Waals surface area contributed by atoms with Crippen LogP contribution in [0.5, 0.6) is 0 Å². The third-order valence-electron chi connectivity index (χ3n) is 4.70. The molecule has 0 amide bonds. The second-order valence-corrected chi connectivity index (χ2v) is 8.74. The van der Waals surface area contributed by atoms with Crippen molar-refractivity contribution >= 4 is 9.84 Å². The number of aliphatic hydroxyl groups is 1. The topological polar surface area (TPSA) is 72.8 Å². The molecule has 0 saturated carbocycles. The fourth-order valence-corrected chi connectivity index (χ4v) is 5.16. The predicted molar refractivity (Wildman–Crippen MR) is 85.8 cm³/mol. The van der Waals surface area contributed by atoms with Gasteiger partial charge in [-0.05, 0) is 31.9 Å². The summed E-state index contributed by atoms with van der Waals surface area (Å²) in [7, 11) is -3.41. The van der Waals surface area contributed by atoms with E-state index < -0.39 is 33.6 Å². The average molecular weight is 340 g/mol. The monoisotopic (exact) mass is 340 g/mol. The molecule has 3 rings (SSSR count). The van der Waals surface area contributed by atoms with Gasteiger partial charge in [-0.3, -0.25) is 0 Å². The van der Waals surface area contributed by atoms with E-state index in [1.807, 2.05) is 26.0 Å². The minimum Gasteiger partial charge on any atom is -0.390 e. The molecule has 0 spiro atoms. The molecule has 0 unspecified atom stereocenters. The van der Waals surface area contributed by atoms with Crippen molar-refractivity contribution in [3.63, 3.8) is 0 Å². The normalized spacial score (nSPS) is 32.0. The van der Waals surface area contributed by atoms with Crippen LogP contribution in [0.2, 0.25) is 0 Å². The summed E-state index contributed by atoms with van der Waals surface area (Å²) in [4.78, 5) is 0.347. The number of hydrogen-bond donors (Lipinski definition) is 1. The number of fused-ring (bicyclic) bond motifs is 2. The summed E-state index contributed by atoms with van der Waals surface area (Å²) in [6, 6.07) is 6.94. The molecule has 5 nitrogen and oxygen atoms in total. The van der Waals surface area contributed by atoms with E-state index in [2.05, 4.69) is 0 Å². The van der Waals surface area contributed by atoms with Crippen LogP contribution in [0.25, 0.3) is 0 Å². The Balaban J connectivity index is 1.77. The van der Waals surface area contributed by atoms with E-state index in [4.69, 9.17) is 9.47 Å². The summed E-state index contributed by atoms with van der Waals surface area (Å²) in [5.41, 5.74) is 1.03. The van der Waals surface area contributed by atoms with Crippen LogP contribution in [-0.4, -0.2) is 43.4 Å². The smallest absolute Gasteiger partial charge is 0.181 e. The van der Waals surface area contributed by atoms with Gasteiger partial charge in [0, 0.05) is 6.42 Å². The average Bonchev–Trinajstić information content (AvgIpc) is 2.82. The van der Waals surface area contributed by atoms with E-state index in [1.165, 1.54) is 0 Å². The SMILES string of the molecule is CCC[C@@H](O)[C@@H]1O[C@H]2C[C@H](S(=O)(=O)c3ccc(C)cc3)C[C@@H]1O2. The van der Waals surface area contributed by atoms with Crippen LogP contribution >= 0.6 is 0 Å². The van der Waals surface area contributed by atoms with Gasteiger partial charge in [0.05, 0.1) is 22.4 Å². The summed E-state index contributed by atoms with van der Waals surface area (Å²) in [6.45, 7) is 3.93. The molecule has 6 heteroatoms. The second kappa shape index (κ2) is 6.51. The molecule has 2 saturated heterocycles. The van der Waals surface area contributed by atoms with Gasteiger partial charge in [-0.1, -0.05) is 31.0 Å². The number of aryl methyl sites for hydroxylation is 1. The molecule has 1 aromatic rings. The summed E-state index contributed by atoms with van der Waals surface area (Å²) in [5, 5.41) is 9.66. The Morgan fingerprint density at radius 1 is 1.22 bits per heavy atom. The highest BCUT2D eigenvalue weighted by Crippen LogP contribution is 2.38. The lowest BCUT2D eigenvalue weighted by Crippen LogP contribution is -2.39. The van der Waals surface area contributed by atoms with E-state index in [-0.39, 0.29) is 6.10 Å². The van der Waals surface area contributed by atoms with Gasteiger partial charge in [0.25, 0.3) is 0 Å². The molecule has 2 aliphatic heterocycles. The lowest BCUT2D eigenvalue weighted by atomic mass is 9.99. The van der Waals surface area contributed by atoms with Crippen LogP contribution in [0, 0.1) is 6.92 Å². The van der Waals surface area contributed by atoms with Crippen LogP contribution in [0.1, 0.15) is 38.2 Å². The number of sulfone groups is 1. The Morgan fingerprint density at radius 2 is 1.91 bits per heavy atom. The lowest BCUT2D eigenvalue weighted by molar-refractivity contribution is -0.0947. The zero-order chi connectivity index (χ0) is 16.6. The molecule has 1 N–H and O–H groups in total. The van der Waals surface area contributed by atoms with Crippen molar-refractivity contribution in [3.8, 4) is 0 Å². The highest BCUT2D eigenvalue weighted by molar-refractivity contribution is 7.92. The van der Waals surface area contributed by atoms with Crippen LogP contribution in [0.3, 0.4) is 0 Å². The Labute approximate surface area is 137 Å². The first-order valence-electron chi connectivity index (χ1n) is 8.21. The first kappa shape index (κ1) is 16.9. The van der Waals surface area contributed by atoms with Crippen molar-refractivity contribution in [1.82, 2.24) is 0 Å². The molecule has 128 valence electrons. The Hall–Kier alpha value is -0.950. The minimum absolute atomic E-state index is 0.321. The van der Waals surface area contributed by atoms with Gasteiger partial charge in [-0.15, -0.1) is 0 Å². The van der Waals surface area contributed by atoms with Gasteiger partial charge in [0.1, 0.15) is 6.10 Å². The highest BCUT2D eigenvalue weighted by atomic mass is 32.2. The van der Waals surface area contributed by atoms with E-state index in [1.54, 1.807) is 12.1 Å². The van der Waals surface area contributed by atoms with Crippen LogP contribution in [0.15, 0.2) is 29.2 Å². The third-order valence-corrected chi connectivity index (χ3v) is 6.90. The minimum atomic E-state index is -3.41. The Bertz CT molecular complexity index is 639. The maximum Gasteiger partial charge on any atom is 0.181 e. The second-order valence-electron chi connectivity index (χ2n) is 6.51. The van der Waals surface area contributed by atoms with Gasteiger partial charge < -0.3 is 14.6 Å². The first-order chi connectivity index (χ1) is 10.9. The van der Waals surface area contributed by atoms with Crippen molar-refractivity contribution in [1.29, 1.82) is 0 Å². The van der Waals surface area contributed by atoms with Crippen LogP contribution in [-0.2, 0) is 19.3 Å². The predicted octanol–water partition coefficient (Wildman–Crippen LogP) is 2.20. The molecule has 2 heterocycles. The van der Waals surface area contributed by atoms with E-state index in [0.717, 1.165) is 12.0 Å². The Morgan fingerprint density at radius 3 is 2.57 bits per heavy atom.